The lowest BCUT2D eigenvalue weighted by molar-refractivity contribution is -0.123. The molecule has 2 fully saturated rings. The number of carbonyl (C=O) groups is 1. The van der Waals surface area contributed by atoms with Crippen molar-refractivity contribution in [2.75, 3.05) is 36.6 Å². The van der Waals surface area contributed by atoms with Gasteiger partial charge >= 0.3 is 0 Å². The lowest BCUT2D eigenvalue weighted by atomic mass is 10.0. The van der Waals surface area contributed by atoms with E-state index in [0.717, 1.165) is 12.0 Å². The number of nitrogens with zero attached hydrogens (tertiary/aromatic N) is 2. The number of methoxy groups -OCH3 is 1. The monoisotopic (exact) mass is 434 g/mol. The van der Waals surface area contributed by atoms with Crippen LogP contribution >= 0.6 is 11.6 Å². The third-order valence-electron chi connectivity index (χ3n) is 5.63. The number of carbonyl (C=O) groups excluding carboxylic acids is 1. The van der Waals surface area contributed by atoms with E-state index in [0.29, 0.717) is 23.0 Å². The first-order chi connectivity index (χ1) is 13.9. The maximum absolute atomic E-state index is 13.0. The molecule has 8 heteroatoms. The number of amides is 1. The van der Waals surface area contributed by atoms with Crippen molar-refractivity contribution >= 4 is 33.0 Å². The Hall–Kier alpha value is -2.09. The number of piperazine rings is 1. The van der Waals surface area contributed by atoms with Crippen LogP contribution in [0, 0.1) is 0 Å². The van der Waals surface area contributed by atoms with Gasteiger partial charge in [-0.2, -0.15) is 0 Å². The second-order valence-corrected chi connectivity index (χ2v) is 10.1. The van der Waals surface area contributed by atoms with E-state index in [2.05, 4.69) is 0 Å². The van der Waals surface area contributed by atoms with Gasteiger partial charge in [0.25, 0.3) is 0 Å². The predicted octanol–water partition coefficient (Wildman–Crippen LogP) is 2.41. The van der Waals surface area contributed by atoms with E-state index in [9.17, 15) is 13.2 Å². The third-order valence-corrected chi connectivity index (χ3v) is 7.58. The van der Waals surface area contributed by atoms with Gasteiger partial charge in [0.2, 0.25) is 5.91 Å². The van der Waals surface area contributed by atoms with Crippen LogP contribution in [-0.2, 0) is 21.1 Å². The normalized spacial score (nSPS) is 23.8. The van der Waals surface area contributed by atoms with Gasteiger partial charge in [0, 0.05) is 29.4 Å². The van der Waals surface area contributed by atoms with Crippen molar-refractivity contribution in [2.24, 2.45) is 0 Å². The first kappa shape index (κ1) is 20.2. The molecule has 2 saturated heterocycles. The number of hydrogen-bond donors (Lipinski definition) is 0. The van der Waals surface area contributed by atoms with E-state index in [1.165, 1.54) is 0 Å². The molecular formula is C21H23ClN2O4S. The summed E-state index contributed by atoms with van der Waals surface area (Å²) in [5, 5.41) is 0.679. The Bertz CT molecular complexity index is 1010. The summed E-state index contributed by atoms with van der Waals surface area (Å²) in [6, 6.07) is 14.2. The van der Waals surface area contributed by atoms with E-state index in [4.69, 9.17) is 16.3 Å². The molecule has 29 heavy (non-hydrogen) atoms. The van der Waals surface area contributed by atoms with Gasteiger partial charge in [-0.15, -0.1) is 0 Å². The molecule has 0 saturated carbocycles. The summed E-state index contributed by atoms with van der Waals surface area (Å²) in [5.41, 5.74) is 1.79. The summed E-state index contributed by atoms with van der Waals surface area (Å²) in [6.07, 6.45) is 0.729. The molecule has 6 nitrogen and oxygen atoms in total. The van der Waals surface area contributed by atoms with Gasteiger partial charge in [-0.25, -0.2) is 8.42 Å². The fourth-order valence-corrected chi connectivity index (χ4v) is 6.33. The number of hydrogen-bond acceptors (Lipinski definition) is 5. The maximum Gasteiger partial charge on any atom is 0.241 e. The van der Waals surface area contributed by atoms with Crippen LogP contribution in [-0.4, -0.2) is 63.0 Å². The predicted molar refractivity (Wildman–Crippen MR) is 113 cm³/mol. The van der Waals surface area contributed by atoms with E-state index >= 15 is 0 Å². The third kappa shape index (κ3) is 4.27. The maximum atomic E-state index is 13.0. The van der Waals surface area contributed by atoms with Crippen LogP contribution in [0.1, 0.15) is 5.56 Å². The second kappa shape index (κ2) is 7.97. The van der Waals surface area contributed by atoms with Crippen LogP contribution in [0.3, 0.4) is 0 Å². The highest BCUT2D eigenvalue weighted by Gasteiger charge is 2.49. The Morgan fingerprint density at radius 1 is 1.10 bits per heavy atom. The number of halogens is 1. The summed E-state index contributed by atoms with van der Waals surface area (Å²) >= 11 is 5.94. The molecule has 2 aliphatic heterocycles. The lowest BCUT2D eigenvalue weighted by Gasteiger charge is -2.43. The molecule has 2 atom stereocenters. The van der Waals surface area contributed by atoms with Crippen molar-refractivity contribution in [3.63, 3.8) is 0 Å². The topological polar surface area (TPSA) is 66.9 Å². The molecule has 1 amide bonds. The average molecular weight is 435 g/mol. The summed E-state index contributed by atoms with van der Waals surface area (Å²) in [4.78, 5) is 16.7. The van der Waals surface area contributed by atoms with Crippen molar-refractivity contribution < 1.29 is 17.9 Å². The molecule has 2 heterocycles. The highest BCUT2D eigenvalue weighted by atomic mass is 35.5. The zero-order valence-corrected chi connectivity index (χ0v) is 17.7. The van der Waals surface area contributed by atoms with E-state index in [1.807, 2.05) is 41.3 Å². The Labute approximate surface area is 175 Å². The summed E-state index contributed by atoms with van der Waals surface area (Å²) in [7, 11) is -1.65. The summed E-state index contributed by atoms with van der Waals surface area (Å²) in [5.74, 6) is 0.606. The molecule has 0 N–H and O–H groups in total. The number of rotatable bonds is 5. The van der Waals surface area contributed by atoms with Crippen LogP contribution in [0.4, 0.5) is 5.69 Å². The van der Waals surface area contributed by atoms with E-state index in [-0.39, 0.29) is 30.0 Å². The molecule has 154 valence electrons. The van der Waals surface area contributed by atoms with Crippen LogP contribution in [0.25, 0.3) is 0 Å². The second-order valence-electron chi connectivity index (χ2n) is 7.52. The van der Waals surface area contributed by atoms with Gasteiger partial charge in [-0.1, -0.05) is 29.8 Å². The van der Waals surface area contributed by atoms with Crippen LogP contribution in [0.2, 0.25) is 5.02 Å². The van der Waals surface area contributed by atoms with Gasteiger partial charge in [0.05, 0.1) is 31.2 Å². The van der Waals surface area contributed by atoms with Crippen molar-refractivity contribution in [3.05, 3.63) is 59.1 Å². The smallest absolute Gasteiger partial charge is 0.241 e. The molecule has 0 aliphatic carbocycles. The van der Waals surface area contributed by atoms with Crippen molar-refractivity contribution in [2.45, 2.75) is 18.5 Å². The number of anilines is 1. The molecule has 2 aromatic carbocycles. The van der Waals surface area contributed by atoms with Gasteiger partial charge in [0.15, 0.2) is 9.84 Å². The quantitative estimate of drug-likeness (QED) is 0.723. The van der Waals surface area contributed by atoms with Crippen LogP contribution in [0.5, 0.6) is 5.75 Å². The van der Waals surface area contributed by atoms with E-state index < -0.39 is 15.9 Å². The molecule has 0 bridgehead atoms. The summed E-state index contributed by atoms with van der Waals surface area (Å²) < 4.78 is 30.2. The number of ether oxygens (including phenoxy) is 1. The molecular weight excluding hydrogens is 412 g/mol. The first-order valence-corrected chi connectivity index (χ1v) is 11.7. The minimum Gasteiger partial charge on any atom is -0.497 e. The Morgan fingerprint density at radius 3 is 2.55 bits per heavy atom. The first-order valence-electron chi connectivity index (χ1n) is 9.51. The van der Waals surface area contributed by atoms with Crippen molar-refractivity contribution in [3.8, 4) is 5.75 Å². The van der Waals surface area contributed by atoms with Gasteiger partial charge in [-0.05, 0) is 36.2 Å². The van der Waals surface area contributed by atoms with E-state index in [1.54, 1.807) is 24.1 Å². The highest BCUT2D eigenvalue weighted by molar-refractivity contribution is 7.91. The zero-order valence-electron chi connectivity index (χ0n) is 16.1. The van der Waals surface area contributed by atoms with Crippen LogP contribution in [0.15, 0.2) is 48.5 Å². The zero-order chi connectivity index (χ0) is 20.6. The van der Waals surface area contributed by atoms with Gasteiger partial charge in [0.1, 0.15) is 5.75 Å². The SMILES string of the molecule is COc1cccc(N2C(=O)CN(CCc3ccc(Cl)cc3)[C@H]3CS(=O)(=O)C[C@H]32)c1. The fraction of sp³-hybridized carbons (Fsp3) is 0.381. The molecule has 0 unspecified atom stereocenters. The number of fused-ring (bicyclic) bond motifs is 1. The van der Waals surface area contributed by atoms with Gasteiger partial charge < -0.3 is 9.64 Å². The minimum absolute atomic E-state index is 0.0158. The average Bonchev–Trinajstić information content (AvgIpc) is 3.02. The Kier molecular flexibility index (Phi) is 5.55. The minimum atomic E-state index is -3.21. The van der Waals surface area contributed by atoms with Crippen molar-refractivity contribution in [1.29, 1.82) is 0 Å². The standard InChI is InChI=1S/C21H23ClN2O4S/c1-28-18-4-2-3-17(11-18)24-20-14-29(26,27)13-19(20)23(12-21(24)25)10-9-15-5-7-16(22)8-6-15/h2-8,11,19-20H,9-10,12-14H2,1H3/t19-,20+/m0/s1. The highest BCUT2D eigenvalue weighted by Crippen LogP contribution is 2.33. The molecule has 0 aromatic heterocycles. The van der Waals surface area contributed by atoms with Gasteiger partial charge in [-0.3, -0.25) is 9.69 Å². The lowest BCUT2D eigenvalue weighted by Crippen LogP contribution is -2.62. The molecule has 4 rings (SSSR count). The van der Waals surface area contributed by atoms with Crippen LogP contribution < -0.4 is 9.64 Å². The molecule has 2 aliphatic rings. The largest absolute Gasteiger partial charge is 0.497 e. The molecule has 0 radical (unpaired) electrons. The number of sulfone groups is 1. The molecule has 0 spiro atoms. The number of benzene rings is 2. The van der Waals surface area contributed by atoms with Crippen molar-refractivity contribution in [1.82, 2.24) is 4.90 Å². The molecule has 2 aromatic rings. The summed E-state index contributed by atoms with van der Waals surface area (Å²) in [6.45, 7) is 0.817. The fourth-order valence-electron chi connectivity index (χ4n) is 4.22. The Balaban J connectivity index is 1.58. The Morgan fingerprint density at radius 2 is 1.83 bits per heavy atom.